The summed E-state index contributed by atoms with van der Waals surface area (Å²) in [5.41, 5.74) is 0.664. The summed E-state index contributed by atoms with van der Waals surface area (Å²) in [6.07, 6.45) is 27.0. The topological polar surface area (TPSA) is 26.3 Å². The predicted molar refractivity (Wildman–Crippen MR) is 128 cm³/mol. The Bertz CT molecular complexity index is 362. The predicted octanol–water partition coefficient (Wildman–Crippen LogP) is 9.32. The first-order valence-electron chi connectivity index (χ1n) is 13.1. The van der Waals surface area contributed by atoms with Gasteiger partial charge in [-0.3, -0.25) is 0 Å². The van der Waals surface area contributed by atoms with E-state index in [2.05, 4.69) is 20.4 Å². The Hall–Kier alpha value is -0.790. The van der Waals surface area contributed by atoms with Crippen LogP contribution in [0.3, 0.4) is 0 Å². The van der Waals surface area contributed by atoms with E-state index < -0.39 is 0 Å². The second kappa shape index (κ2) is 23.5. The van der Waals surface area contributed by atoms with Crippen LogP contribution < -0.4 is 0 Å². The average Bonchev–Trinajstić information content (AvgIpc) is 2.73. The summed E-state index contributed by atoms with van der Waals surface area (Å²) in [5.74, 6) is -0.170. The number of carbonyl (C=O) groups is 1. The molecule has 0 aromatic rings. The number of hydrogen-bond donors (Lipinski definition) is 0. The monoisotopic (exact) mass is 408 g/mol. The van der Waals surface area contributed by atoms with Gasteiger partial charge in [-0.15, -0.1) is 0 Å². The highest BCUT2D eigenvalue weighted by Crippen LogP contribution is 2.15. The Labute approximate surface area is 183 Å². The Balaban J connectivity index is 3.31. The van der Waals surface area contributed by atoms with Crippen LogP contribution in [0, 0.1) is 0 Å². The van der Waals surface area contributed by atoms with Crippen LogP contribution >= 0.6 is 0 Å². The highest BCUT2D eigenvalue weighted by molar-refractivity contribution is 5.87. The van der Waals surface area contributed by atoms with Crippen molar-refractivity contribution in [3.63, 3.8) is 0 Å². The largest absolute Gasteiger partial charge is 0.462 e. The minimum Gasteiger partial charge on any atom is -0.462 e. The molecule has 0 unspecified atom stereocenters. The molecule has 0 bridgehead atoms. The zero-order valence-electron chi connectivity index (χ0n) is 20.1. The molecule has 0 radical (unpaired) electrons. The van der Waals surface area contributed by atoms with E-state index in [1.165, 1.54) is 116 Å². The van der Waals surface area contributed by atoms with Crippen LogP contribution in [0.15, 0.2) is 12.2 Å². The Morgan fingerprint density at radius 2 is 0.897 bits per heavy atom. The minimum absolute atomic E-state index is 0.170. The van der Waals surface area contributed by atoms with Crippen LogP contribution in [0.1, 0.15) is 149 Å². The molecule has 0 N–H and O–H groups in total. The fourth-order valence-corrected chi connectivity index (χ4v) is 3.78. The molecule has 0 aromatic heterocycles. The zero-order valence-corrected chi connectivity index (χ0v) is 20.1. The van der Waals surface area contributed by atoms with Crippen LogP contribution in [0.25, 0.3) is 0 Å². The molecule has 29 heavy (non-hydrogen) atoms. The highest BCUT2D eigenvalue weighted by Gasteiger charge is 2.07. The third-order valence-electron chi connectivity index (χ3n) is 5.85. The van der Waals surface area contributed by atoms with E-state index in [9.17, 15) is 4.79 Å². The smallest absolute Gasteiger partial charge is 0.333 e. The maximum atomic E-state index is 12.0. The fraction of sp³-hybridized carbons (Fsp3) is 0.889. The van der Waals surface area contributed by atoms with Crippen LogP contribution in [0.5, 0.6) is 0 Å². The van der Waals surface area contributed by atoms with E-state index in [0.717, 1.165) is 19.3 Å². The second-order valence-electron chi connectivity index (χ2n) is 8.85. The van der Waals surface area contributed by atoms with Crippen molar-refractivity contribution >= 4 is 5.97 Å². The summed E-state index contributed by atoms with van der Waals surface area (Å²) in [6, 6.07) is 0. The van der Waals surface area contributed by atoms with Gasteiger partial charge in [0.15, 0.2) is 0 Å². The molecule has 0 aromatic carbocycles. The van der Waals surface area contributed by atoms with E-state index >= 15 is 0 Å². The van der Waals surface area contributed by atoms with Crippen LogP contribution in [-0.2, 0) is 9.53 Å². The number of hydrogen-bond acceptors (Lipinski definition) is 2. The lowest BCUT2D eigenvalue weighted by Crippen LogP contribution is -2.08. The fourth-order valence-electron chi connectivity index (χ4n) is 3.78. The molecule has 0 aliphatic rings. The Kier molecular flexibility index (Phi) is 22.8. The quantitative estimate of drug-likeness (QED) is 0.0956. The van der Waals surface area contributed by atoms with Gasteiger partial charge in [0.25, 0.3) is 0 Å². The molecule has 0 spiro atoms. The zero-order chi connectivity index (χ0) is 21.4. The molecule has 0 aliphatic carbocycles. The first kappa shape index (κ1) is 28.2. The molecule has 0 atom stereocenters. The summed E-state index contributed by atoms with van der Waals surface area (Å²) >= 11 is 0. The molecular formula is C27H52O2. The van der Waals surface area contributed by atoms with Crippen molar-refractivity contribution in [1.29, 1.82) is 0 Å². The van der Waals surface area contributed by atoms with Crippen molar-refractivity contribution in [2.75, 3.05) is 6.61 Å². The standard InChI is InChI=1S/C27H52O2/c1-4-6-8-10-12-14-15-16-17-18-20-22-24-26(3)27(28)29-25-23-21-19-13-11-9-7-5-2/h3-25H2,1-2H3. The van der Waals surface area contributed by atoms with Crippen LogP contribution in [0.4, 0.5) is 0 Å². The second-order valence-corrected chi connectivity index (χ2v) is 8.85. The summed E-state index contributed by atoms with van der Waals surface area (Å²) in [7, 11) is 0. The maximum Gasteiger partial charge on any atom is 0.333 e. The molecule has 0 saturated heterocycles. The third kappa shape index (κ3) is 21.7. The van der Waals surface area contributed by atoms with Gasteiger partial charge in [-0.2, -0.15) is 0 Å². The molecule has 0 heterocycles. The molecule has 172 valence electrons. The van der Waals surface area contributed by atoms with E-state index in [4.69, 9.17) is 4.74 Å². The van der Waals surface area contributed by atoms with E-state index in [0.29, 0.717) is 12.2 Å². The molecule has 0 rings (SSSR count). The molecule has 0 fully saturated rings. The molecule has 2 nitrogen and oxygen atoms in total. The van der Waals surface area contributed by atoms with Crippen molar-refractivity contribution < 1.29 is 9.53 Å². The summed E-state index contributed by atoms with van der Waals surface area (Å²) < 4.78 is 5.37. The van der Waals surface area contributed by atoms with Gasteiger partial charge >= 0.3 is 5.97 Å². The molecule has 2 heteroatoms. The number of esters is 1. The number of unbranched alkanes of at least 4 members (excludes halogenated alkanes) is 18. The number of carbonyl (C=O) groups excluding carboxylic acids is 1. The van der Waals surface area contributed by atoms with Crippen molar-refractivity contribution in [3.8, 4) is 0 Å². The lowest BCUT2D eigenvalue weighted by Gasteiger charge is -2.07. The summed E-state index contributed by atoms with van der Waals surface area (Å²) in [6.45, 7) is 9.01. The normalized spacial score (nSPS) is 11.0. The molecular weight excluding hydrogens is 356 g/mol. The van der Waals surface area contributed by atoms with Crippen molar-refractivity contribution in [2.24, 2.45) is 0 Å². The van der Waals surface area contributed by atoms with Gasteiger partial charge in [0.2, 0.25) is 0 Å². The van der Waals surface area contributed by atoms with Gasteiger partial charge in [-0.25, -0.2) is 4.79 Å². The third-order valence-corrected chi connectivity index (χ3v) is 5.85. The maximum absolute atomic E-state index is 12.0. The number of ether oxygens (including phenoxy) is 1. The van der Waals surface area contributed by atoms with E-state index in [1.807, 2.05) is 0 Å². The first-order chi connectivity index (χ1) is 14.2. The lowest BCUT2D eigenvalue weighted by molar-refractivity contribution is -0.139. The lowest BCUT2D eigenvalue weighted by atomic mass is 10.0. The van der Waals surface area contributed by atoms with Gasteiger partial charge in [0, 0.05) is 5.57 Å². The Morgan fingerprint density at radius 3 is 1.31 bits per heavy atom. The van der Waals surface area contributed by atoms with Gasteiger partial charge in [0.1, 0.15) is 0 Å². The summed E-state index contributed by atoms with van der Waals surface area (Å²) in [4.78, 5) is 12.0. The van der Waals surface area contributed by atoms with Crippen molar-refractivity contribution in [1.82, 2.24) is 0 Å². The van der Waals surface area contributed by atoms with Crippen LogP contribution in [-0.4, -0.2) is 12.6 Å². The van der Waals surface area contributed by atoms with Gasteiger partial charge < -0.3 is 4.74 Å². The SMILES string of the molecule is C=C(CCCCCCCCCCCCCC)C(=O)OCCCCCCCCCC. The molecule has 0 amide bonds. The minimum atomic E-state index is -0.170. The van der Waals surface area contributed by atoms with Crippen molar-refractivity contribution in [2.45, 2.75) is 149 Å². The Morgan fingerprint density at radius 1 is 0.552 bits per heavy atom. The van der Waals surface area contributed by atoms with E-state index in [1.54, 1.807) is 0 Å². The van der Waals surface area contributed by atoms with Crippen LogP contribution in [0.2, 0.25) is 0 Å². The average molecular weight is 409 g/mol. The molecule has 0 aliphatic heterocycles. The first-order valence-corrected chi connectivity index (χ1v) is 13.1. The van der Waals surface area contributed by atoms with Gasteiger partial charge in [-0.05, 0) is 19.3 Å². The molecule has 0 saturated carbocycles. The van der Waals surface area contributed by atoms with Crippen molar-refractivity contribution in [3.05, 3.63) is 12.2 Å². The van der Waals surface area contributed by atoms with Gasteiger partial charge in [-0.1, -0.05) is 136 Å². The highest BCUT2D eigenvalue weighted by atomic mass is 16.5. The van der Waals surface area contributed by atoms with E-state index in [-0.39, 0.29) is 5.97 Å². The number of rotatable bonds is 23. The summed E-state index contributed by atoms with van der Waals surface area (Å²) in [5, 5.41) is 0. The van der Waals surface area contributed by atoms with Gasteiger partial charge in [0.05, 0.1) is 6.61 Å².